The number of hydrogen-bond donors (Lipinski definition) is 2. The third kappa shape index (κ3) is 2.67. The number of esters is 1. The molecule has 2 aromatic carbocycles. The van der Waals surface area contributed by atoms with E-state index in [2.05, 4.69) is 10.6 Å². The van der Waals surface area contributed by atoms with Gasteiger partial charge in [-0.3, -0.25) is 0 Å². The van der Waals surface area contributed by atoms with E-state index in [0.29, 0.717) is 17.0 Å². The molecule has 6 nitrogen and oxygen atoms in total. The first kappa shape index (κ1) is 15.9. The molecule has 1 atom stereocenters. The van der Waals surface area contributed by atoms with Crippen LogP contribution >= 0.6 is 0 Å². The zero-order valence-corrected chi connectivity index (χ0v) is 13.7. The fourth-order valence-corrected chi connectivity index (χ4v) is 2.98. The molecule has 0 saturated heterocycles. The van der Waals surface area contributed by atoms with Crippen LogP contribution in [0.3, 0.4) is 0 Å². The Morgan fingerprint density at radius 1 is 1.17 bits per heavy atom. The summed E-state index contributed by atoms with van der Waals surface area (Å²) in [5.41, 5.74) is 1.62. The van der Waals surface area contributed by atoms with Gasteiger partial charge in [0, 0.05) is 5.70 Å². The predicted octanol–water partition coefficient (Wildman–Crippen LogP) is 2.65. The molecule has 0 unspecified atom stereocenters. The Bertz CT molecular complexity index is 857. The van der Waals surface area contributed by atoms with Crippen LogP contribution in [0.15, 0.2) is 47.7 Å². The van der Waals surface area contributed by atoms with Gasteiger partial charge < -0.3 is 20.1 Å². The second-order valence-electron chi connectivity index (χ2n) is 5.50. The number of methoxy groups -OCH3 is 2. The Labute approximate surface area is 139 Å². The zero-order chi connectivity index (χ0) is 17.3. The van der Waals surface area contributed by atoms with Crippen molar-refractivity contribution in [3.63, 3.8) is 0 Å². The highest BCUT2D eigenvalue weighted by Crippen LogP contribution is 2.35. The highest BCUT2D eigenvalue weighted by molar-refractivity contribution is 5.97. The van der Waals surface area contributed by atoms with Crippen LogP contribution in [0.2, 0.25) is 0 Å². The smallest absolute Gasteiger partial charge is 0.337 e. The van der Waals surface area contributed by atoms with Gasteiger partial charge in [0.05, 0.1) is 25.8 Å². The van der Waals surface area contributed by atoms with E-state index in [1.165, 1.54) is 7.11 Å². The molecule has 0 aliphatic carbocycles. The summed E-state index contributed by atoms with van der Waals surface area (Å²) >= 11 is 0. The van der Waals surface area contributed by atoms with Crippen molar-refractivity contribution in [2.45, 2.75) is 13.0 Å². The maximum absolute atomic E-state index is 12.3. The number of urea groups is 1. The highest BCUT2D eigenvalue weighted by Gasteiger charge is 2.33. The van der Waals surface area contributed by atoms with Crippen molar-refractivity contribution in [2.24, 2.45) is 0 Å². The van der Waals surface area contributed by atoms with E-state index < -0.39 is 12.0 Å². The lowest BCUT2D eigenvalue weighted by molar-refractivity contribution is -0.136. The van der Waals surface area contributed by atoms with Gasteiger partial charge in [0.1, 0.15) is 5.75 Å². The summed E-state index contributed by atoms with van der Waals surface area (Å²) in [7, 11) is 2.90. The summed E-state index contributed by atoms with van der Waals surface area (Å²) in [6, 6.07) is 10.5. The fourth-order valence-electron chi connectivity index (χ4n) is 2.98. The van der Waals surface area contributed by atoms with Crippen molar-refractivity contribution < 1.29 is 19.1 Å². The molecule has 0 radical (unpaired) electrons. The minimum absolute atomic E-state index is 0.364. The number of fused-ring (bicyclic) bond motifs is 1. The van der Waals surface area contributed by atoms with Crippen LogP contribution in [0.4, 0.5) is 4.79 Å². The molecule has 6 heteroatoms. The fraction of sp³-hybridized carbons (Fsp3) is 0.222. The maximum atomic E-state index is 12.3. The summed E-state index contributed by atoms with van der Waals surface area (Å²) in [6.45, 7) is 1.68. The Morgan fingerprint density at radius 3 is 2.62 bits per heavy atom. The van der Waals surface area contributed by atoms with E-state index in [9.17, 15) is 9.59 Å². The molecule has 24 heavy (non-hydrogen) atoms. The topological polar surface area (TPSA) is 76.7 Å². The van der Waals surface area contributed by atoms with Gasteiger partial charge >= 0.3 is 12.0 Å². The number of carbonyl (C=O) groups excluding carboxylic acids is 2. The van der Waals surface area contributed by atoms with Gasteiger partial charge in [-0.1, -0.05) is 24.3 Å². The standard InChI is InChI=1S/C18H18N2O4/c1-10-15(17(21)24-3)16(20-18(22)19-10)14-9-12(23-2)8-11-6-4-5-7-13(11)14/h4-9,16H,1-3H3,(H2,19,20,22)/t16-/m1/s1. The van der Waals surface area contributed by atoms with Crippen molar-refractivity contribution in [2.75, 3.05) is 14.2 Å². The molecule has 0 bridgehead atoms. The third-order valence-electron chi connectivity index (χ3n) is 4.09. The molecular weight excluding hydrogens is 308 g/mol. The molecule has 2 aromatic rings. The molecule has 0 spiro atoms. The lowest BCUT2D eigenvalue weighted by Crippen LogP contribution is -2.45. The van der Waals surface area contributed by atoms with Crippen molar-refractivity contribution in [1.29, 1.82) is 0 Å². The SMILES string of the molecule is COC(=O)C1=C(C)NC(=O)N[C@@H]1c1cc(OC)cc2ccccc12. The summed E-state index contributed by atoms with van der Waals surface area (Å²) in [4.78, 5) is 24.2. The number of carbonyl (C=O) groups is 2. The molecule has 1 heterocycles. The van der Waals surface area contributed by atoms with E-state index in [4.69, 9.17) is 9.47 Å². The summed E-state index contributed by atoms with van der Waals surface area (Å²) in [5.74, 6) is 0.162. The number of allylic oxidation sites excluding steroid dienone is 1. The minimum atomic E-state index is -0.619. The monoisotopic (exact) mass is 326 g/mol. The van der Waals surface area contributed by atoms with E-state index in [-0.39, 0.29) is 6.03 Å². The Balaban J connectivity index is 2.25. The maximum Gasteiger partial charge on any atom is 0.337 e. The van der Waals surface area contributed by atoms with Crippen LogP contribution in [-0.2, 0) is 9.53 Å². The third-order valence-corrected chi connectivity index (χ3v) is 4.09. The predicted molar refractivity (Wildman–Crippen MR) is 89.6 cm³/mol. The van der Waals surface area contributed by atoms with Gasteiger partial charge in [-0.25, -0.2) is 9.59 Å². The van der Waals surface area contributed by atoms with E-state index in [1.807, 2.05) is 36.4 Å². The first-order valence-electron chi connectivity index (χ1n) is 7.48. The van der Waals surface area contributed by atoms with Gasteiger partial charge in [0.15, 0.2) is 0 Å². The largest absolute Gasteiger partial charge is 0.497 e. The normalized spacial score (nSPS) is 17.3. The van der Waals surface area contributed by atoms with Crippen LogP contribution in [0.1, 0.15) is 18.5 Å². The number of benzene rings is 2. The van der Waals surface area contributed by atoms with Gasteiger partial charge in [0.25, 0.3) is 0 Å². The molecule has 1 aliphatic heterocycles. The minimum Gasteiger partial charge on any atom is -0.497 e. The molecule has 0 fully saturated rings. The van der Waals surface area contributed by atoms with Crippen LogP contribution in [0.5, 0.6) is 5.75 Å². The van der Waals surface area contributed by atoms with Gasteiger partial charge in [-0.2, -0.15) is 0 Å². The Hall–Kier alpha value is -3.02. The first-order chi connectivity index (χ1) is 11.5. The summed E-state index contributed by atoms with van der Waals surface area (Å²) < 4.78 is 10.3. The van der Waals surface area contributed by atoms with Crippen molar-refractivity contribution in [3.8, 4) is 5.75 Å². The van der Waals surface area contributed by atoms with Crippen molar-refractivity contribution >= 4 is 22.8 Å². The van der Waals surface area contributed by atoms with Gasteiger partial charge in [-0.15, -0.1) is 0 Å². The lowest BCUT2D eigenvalue weighted by Gasteiger charge is -2.29. The second kappa shape index (κ2) is 6.23. The average molecular weight is 326 g/mol. The highest BCUT2D eigenvalue weighted by atomic mass is 16.5. The van der Waals surface area contributed by atoms with Crippen LogP contribution in [-0.4, -0.2) is 26.2 Å². The number of nitrogens with one attached hydrogen (secondary N) is 2. The van der Waals surface area contributed by atoms with Crippen LogP contribution in [0.25, 0.3) is 10.8 Å². The zero-order valence-electron chi connectivity index (χ0n) is 13.7. The van der Waals surface area contributed by atoms with Gasteiger partial charge in [0.2, 0.25) is 0 Å². The number of amides is 2. The molecule has 0 aromatic heterocycles. The van der Waals surface area contributed by atoms with Gasteiger partial charge in [-0.05, 0) is 35.4 Å². The first-order valence-corrected chi connectivity index (χ1v) is 7.48. The molecule has 3 rings (SSSR count). The molecule has 2 amide bonds. The lowest BCUT2D eigenvalue weighted by atomic mass is 9.91. The van der Waals surface area contributed by atoms with Crippen LogP contribution < -0.4 is 15.4 Å². The quantitative estimate of drug-likeness (QED) is 0.850. The number of hydrogen-bond acceptors (Lipinski definition) is 4. The molecule has 1 aliphatic rings. The Kier molecular flexibility index (Phi) is 4.12. The number of rotatable bonds is 3. The van der Waals surface area contributed by atoms with E-state index in [1.54, 1.807) is 14.0 Å². The molecule has 0 saturated carbocycles. The summed E-state index contributed by atoms with van der Waals surface area (Å²) in [5, 5.41) is 7.32. The van der Waals surface area contributed by atoms with E-state index in [0.717, 1.165) is 16.3 Å². The summed E-state index contributed by atoms with van der Waals surface area (Å²) in [6.07, 6.45) is 0. The second-order valence-corrected chi connectivity index (χ2v) is 5.50. The van der Waals surface area contributed by atoms with E-state index >= 15 is 0 Å². The molecular formula is C18H18N2O4. The molecule has 2 N–H and O–H groups in total. The van der Waals surface area contributed by atoms with Crippen molar-refractivity contribution in [3.05, 3.63) is 53.2 Å². The van der Waals surface area contributed by atoms with Crippen molar-refractivity contribution in [1.82, 2.24) is 10.6 Å². The number of ether oxygens (including phenoxy) is 2. The van der Waals surface area contributed by atoms with Crippen LogP contribution in [0, 0.1) is 0 Å². The average Bonchev–Trinajstić information content (AvgIpc) is 2.59. The Morgan fingerprint density at radius 2 is 1.92 bits per heavy atom. The molecule has 124 valence electrons.